The second kappa shape index (κ2) is 4.73. The summed E-state index contributed by atoms with van der Waals surface area (Å²) < 4.78 is 0. The molecule has 0 aliphatic carbocycles. The van der Waals surface area contributed by atoms with Crippen LogP contribution in [0.25, 0.3) is 0 Å². The number of anilines is 1. The van der Waals surface area contributed by atoms with Crippen LogP contribution in [-0.2, 0) is 0 Å². The highest BCUT2D eigenvalue weighted by molar-refractivity contribution is 7.18. The molecule has 1 aromatic heterocycles. The van der Waals surface area contributed by atoms with Gasteiger partial charge in [-0.2, -0.15) is 0 Å². The van der Waals surface area contributed by atoms with Gasteiger partial charge in [-0.3, -0.25) is 10.1 Å². The molecule has 2 N–H and O–H groups in total. The molecule has 0 amide bonds. The van der Waals surface area contributed by atoms with Crippen molar-refractivity contribution in [2.75, 3.05) is 25.5 Å². The molecule has 0 saturated carbocycles. The lowest BCUT2D eigenvalue weighted by molar-refractivity contribution is -0.380. The molecule has 1 rings (SSSR count). The summed E-state index contributed by atoms with van der Waals surface area (Å²) in [5.41, 5.74) is 0. The summed E-state index contributed by atoms with van der Waals surface area (Å²) in [5.74, 6) is 0. The average Bonchev–Trinajstić information content (AvgIpc) is 2.53. The first-order valence-electron chi connectivity index (χ1n) is 3.72. The first kappa shape index (κ1) is 9.87. The van der Waals surface area contributed by atoms with Gasteiger partial charge in [-0.05, 0) is 18.4 Å². The largest absolute Gasteiger partial charge is 0.360 e. The van der Waals surface area contributed by atoms with Crippen molar-refractivity contribution >= 4 is 21.5 Å². The van der Waals surface area contributed by atoms with Crippen molar-refractivity contribution < 1.29 is 4.92 Å². The number of hydrogen-bond donors (Lipinski definition) is 2. The van der Waals surface area contributed by atoms with Crippen LogP contribution in [0.1, 0.15) is 0 Å². The SMILES string of the molecule is CNCCNc1ncc([N+](=O)[O-])s1. The minimum atomic E-state index is -0.444. The number of hydrogen-bond acceptors (Lipinski definition) is 6. The van der Waals surface area contributed by atoms with Crippen LogP contribution in [0.3, 0.4) is 0 Å². The molecular weight excluding hydrogens is 192 g/mol. The smallest absolute Gasteiger partial charge is 0.345 e. The molecule has 0 fully saturated rings. The molecule has 1 heterocycles. The highest BCUT2D eigenvalue weighted by atomic mass is 32.1. The average molecular weight is 202 g/mol. The lowest BCUT2D eigenvalue weighted by Gasteiger charge is -1.99. The van der Waals surface area contributed by atoms with E-state index in [1.165, 1.54) is 6.20 Å². The van der Waals surface area contributed by atoms with Gasteiger partial charge >= 0.3 is 5.00 Å². The Hall–Kier alpha value is -1.21. The highest BCUT2D eigenvalue weighted by Crippen LogP contribution is 2.24. The molecule has 72 valence electrons. The Morgan fingerprint density at radius 3 is 3.00 bits per heavy atom. The Bertz CT molecular complexity index is 288. The minimum absolute atomic E-state index is 0.0620. The summed E-state index contributed by atoms with van der Waals surface area (Å²) in [7, 11) is 1.84. The van der Waals surface area contributed by atoms with E-state index < -0.39 is 4.92 Å². The predicted octanol–water partition coefficient (Wildman–Crippen LogP) is 0.683. The zero-order valence-corrected chi connectivity index (χ0v) is 7.93. The molecule has 0 bridgehead atoms. The summed E-state index contributed by atoms with van der Waals surface area (Å²) in [6, 6.07) is 0. The maximum Gasteiger partial charge on any atom is 0.345 e. The number of nitrogens with one attached hydrogen (secondary N) is 2. The third-order valence-corrected chi connectivity index (χ3v) is 2.23. The summed E-state index contributed by atoms with van der Waals surface area (Å²) >= 11 is 1.04. The van der Waals surface area contributed by atoms with Crippen molar-refractivity contribution in [2.24, 2.45) is 0 Å². The van der Waals surface area contributed by atoms with Crippen LogP contribution in [0, 0.1) is 10.1 Å². The van der Waals surface area contributed by atoms with Crippen molar-refractivity contribution in [3.05, 3.63) is 16.3 Å². The van der Waals surface area contributed by atoms with Crippen LogP contribution in [-0.4, -0.2) is 30.0 Å². The fourth-order valence-corrected chi connectivity index (χ4v) is 1.38. The zero-order valence-electron chi connectivity index (χ0n) is 7.11. The quantitative estimate of drug-likeness (QED) is 0.417. The number of nitrogens with zero attached hydrogens (tertiary/aromatic N) is 2. The molecule has 13 heavy (non-hydrogen) atoms. The Balaban J connectivity index is 2.44. The molecule has 0 atom stereocenters. The van der Waals surface area contributed by atoms with E-state index in [2.05, 4.69) is 15.6 Å². The van der Waals surface area contributed by atoms with Crippen LogP contribution in [0.4, 0.5) is 10.1 Å². The van der Waals surface area contributed by atoms with Gasteiger partial charge in [0.15, 0.2) is 5.13 Å². The van der Waals surface area contributed by atoms with E-state index in [-0.39, 0.29) is 5.00 Å². The third-order valence-electron chi connectivity index (χ3n) is 1.32. The first-order chi connectivity index (χ1) is 6.24. The van der Waals surface area contributed by atoms with Gasteiger partial charge in [-0.25, -0.2) is 4.98 Å². The Kier molecular flexibility index (Phi) is 3.59. The molecule has 0 saturated heterocycles. The number of rotatable bonds is 5. The van der Waals surface area contributed by atoms with Crippen LogP contribution < -0.4 is 10.6 Å². The van der Waals surface area contributed by atoms with Crippen LogP contribution in [0.2, 0.25) is 0 Å². The number of likely N-dealkylation sites (N-methyl/N-ethyl adjacent to an activating group) is 1. The predicted molar refractivity (Wildman–Crippen MR) is 51.2 cm³/mol. The van der Waals surface area contributed by atoms with Gasteiger partial charge in [0.2, 0.25) is 0 Å². The molecule has 0 unspecified atom stereocenters. The van der Waals surface area contributed by atoms with Crippen LogP contribution in [0.15, 0.2) is 6.20 Å². The van der Waals surface area contributed by atoms with E-state index in [0.29, 0.717) is 11.7 Å². The molecule has 0 spiro atoms. The van der Waals surface area contributed by atoms with Crippen molar-refractivity contribution in [1.82, 2.24) is 10.3 Å². The molecule has 6 nitrogen and oxygen atoms in total. The first-order valence-corrected chi connectivity index (χ1v) is 4.54. The van der Waals surface area contributed by atoms with Gasteiger partial charge in [-0.15, -0.1) is 0 Å². The molecule has 1 aromatic rings. The van der Waals surface area contributed by atoms with Gasteiger partial charge in [0.05, 0.1) is 4.92 Å². The van der Waals surface area contributed by atoms with Gasteiger partial charge < -0.3 is 10.6 Å². The molecule has 0 aliphatic rings. The maximum absolute atomic E-state index is 10.3. The number of nitro groups is 1. The maximum atomic E-state index is 10.3. The van der Waals surface area contributed by atoms with Crippen molar-refractivity contribution in [3.8, 4) is 0 Å². The normalized spacial score (nSPS) is 9.92. The lowest BCUT2D eigenvalue weighted by Crippen LogP contribution is -2.17. The van der Waals surface area contributed by atoms with Crippen molar-refractivity contribution in [2.45, 2.75) is 0 Å². The fraction of sp³-hybridized carbons (Fsp3) is 0.500. The minimum Gasteiger partial charge on any atom is -0.360 e. The van der Waals surface area contributed by atoms with Crippen LogP contribution >= 0.6 is 11.3 Å². The zero-order chi connectivity index (χ0) is 9.68. The topological polar surface area (TPSA) is 80.1 Å². The number of aromatic nitrogens is 1. The molecule has 7 heteroatoms. The highest BCUT2D eigenvalue weighted by Gasteiger charge is 2.10. The Labute approximate surface area is 79.1 Å². The van der Waals surface area contributed by atoms with E-state index in [9.17, 15) is 10.1 Å². The van der Waals surface area contributed by atoms with E-state index >= 15 is 0 Å². The van der Waals surface area contributed by atoms with Gasteiger partial charge in [0, 0.05) is 13.1 Å². The summed E-state index contributed by atoms with van der Waals surface area (Å²) in [5, 5.41) is 16.8. The van der Waals surface area contributed by atoms with E-state index in [1.807, 2.05) is 7.05 Å². The second-order valence-corrected chi connectivity index (χ2v) is 3.30. The van der Waals surface area contributed by atoms with E-state index in [4.69, 9.17) is 0 Å². The monoisotopic (exact) mass is 202 g/mol. The van der Waals surface area contributed by atoms with Crippen molar-refractivity contribution in [3.63, 3.8) is 0 Å². The summed E-state index contributed by atoms with van der Waals surface area (Å²) in [6.07, 6.45) is 1.26. The summed E-state index contributed by atoms with van der Waals surface area (Å²) in [6.45, 7) is 1.51. The third kappa shape index (κ3) is 2.96. The molecule has 0 radical (unpaired) electrons. The van der Waals surface area contributed by atoms with Crippen LogP contribution in [0.5, 0.6) is 0 Å². The Morgan fingerprint density at radius 1 is 1.69 bits per heavy atom. The summed E-state index contributed by atoms with van der Waals surface area (Å²) in [4.78, 5) is 13.7. The lowest BCUT2D eigenvalue weighted by atomic mass is 10.6. The van der Waals surface area contributed by atoms with Gasteiger partial charge in [0.1, 0.15) is 6.20 Å². The molecule has 0 aliphatic heterocycles. The van der Waals surface area contributed by atoms with Gasteiger partial charge in [0.25, 0.3) is 0 Å². The van der Waals surface area contributed by atoms with E-state index in [0.717, 1.165) is 17.9 Å². The fourth-order valence-electron chi connectivity index (χ4n) is 0.726. The second-order valence-electron chi connectivity index (χ2n) is 2.29. The number of thiazole rings is 1. The molecular formula is C6H10N4O2S. The standard InChI is InChI=1S/C6H10N4O2S/c1-7-2-3-8-6-9-4-5(13-6)10(11)12/h4,7H,2-3H2,1H3,(H,8,9). The van der Waals surface area contributed by atoms with Gasteiger partial charge in [-0.1, -0.05) is 0 Å². The van der Waals surface area contributed by atoms with E-state index in [1.54, 1.807) is 0 Å². The Morgan fingerprint density at radius 2 is 2.46 bits per heavy atom. The molecule has 0 aromatic carbocycles. The van der Waals surface area contributed by atoms with Crippen molar-refractivity contribution in [1.29, 1.82) is 0 Å².